The summed E-state index contributed by atoms with van der Waals surface area (Å²) in [6.07, 6.45) is 5.53. The molecule has 8 nitrogen and oxygen atoms in total. The Morgan fingerprint density at radius 3 is 2.61 bits per heavy atom. The smallest absolute Gasteiger partial charge is 0.329 e. The number of rotatable bonds is 6. The maximum atomic E-state index is 13.4. The number of carbonyl (C=O) groups is 2. The number of nitrogens with one attached hydrogen (secondary N) is 1. The van der Waals surface area contributed by atoms with Gasteiger partial charge in [-0.3, -0.25) is 4.79 Å². The molecule has 1 heterocycles. The number of methoxy groups -OCH3 is 1. The number of allylic oxidation sites excluding steroid dienone is 4. The van der Waals surface area contributed by atoms with Gasteiger partial charge < -0.3 is 20.3 Å². The molecule has 4 rings (SSSR count). The molecule has 1 fully saturated rings. The van der Waals surface area contributed by atoms with E-state index in [2.05, 4.69) is 21.9 Å². The Kier molecular flexibility index (Phi) is 5.92. The molecule has 0 bridgehead atoms. The zero-order valence-electron chi connectivity index (χ0n) is 17.9. The number of hydrogen-bond donors (Lipinski definition) is 3. The number of aliphatic carboxylic acids is 1. The molecule has 3 N–H and O–H groups in total. The lowest BCUT2D eigenvalue weighted by Gasteiger charge is -2.33. The van der Waals surface area contributed by atoms with Crippen molar-refractivity contribution in [2.75, 3.05) is 7.11 Å². The molecule has 2 aliphatic rings. The maximum Gasteiger partial charge on any atom is 0.329 e. The van der Waals surface area contributed by atoms with Crippen molar-refractivity contribution in [2.45, 2.75) is 37.6 Å². The first kappa shape index (κ1) is 22.1. The Labute approximate surface area is 189 Å². The minimum absolute atomic E-state index is 0.0702. The van der Waals surface area contributed by atoms with Crippen LogP contribution in [0.5, 0.6) is 11.5 Å². The van der Waals surface area contributed by atoms with Gasteiger partial charge in [-0.2, -0.15) is 9.49 Å². The highest BCUT2D eigenvalue weighted by atomic mass is 19.1. The number of aromatic nitrogens is 2. The number of phenols is 1. The number of ether oxygens (including phenoxy) is 1. The van der Waals surface area contributed by atoms with E-state index in [-0.39, 0.29) is 28.4 Å². The van der Waals surface area contributed by atoms with Crippen molar-refractivity contribution in [3.05, 3.63) is 59.4 Å². The van der Waals surface area contributed by atoms with Crippen LogP contribution in [0.4, 0.5) is 4.39 Å². The molecule has 1 aromatic heterocycles. The van der Waals surface area contributed by atoms with Gasteiger partial charge in [0, 0.05) is 0 Å². The number of aromatic hydroxyl groups is 1. The highest BCUT2D eigenvalue weighted by Gasteiger charge is 2.41. The molecule has 0 spiro atoms. The zero-order chi connectivity index (χ0) is 23.6. The van der Waals surface area contributed by atoms with Gasteiger partial charge in [0.15, 0.2) is 11.5 Å². The Balaban J connectivity index is 1.83. The van der Waals surface area contributed by atoms with E-state index in [0.717, 1.165) is 6.42 Å². The van der Waals surface area contributed by atoms with Crippen molar-refractivity contribution in [1.82, 2.24) is 15.1 Å². The van der Waals surface area contributed by atoms with Gasteiger partial charge in [0.2, 0.25) is 0 Å². The minimum Gasteiger partial charge on any atom is -0.507 e. The summed E-state index contributed by atoms with van der Waals surface area (Å²) in [6.45, 7) is 0. The number of hydrogen-bond acceptors (Lipinski definition) is 5. The SMILES string of the molecule is COc1cccc(O)c1-c1cc(C(=O)NC2(C(=O)O)CCCCC2)nn1C1=C=C=C(F)C=C1. The molecule has 0 aliphatic heterocycles. The molecule has 1 saturated carbocycles. The van der Waals surface area contributed by atoms with Gasteiger partial charge in [0.1, 0.15) is 22.7 Å². The van der Waals surface area contributed by atoms with E-state index in [1.165, 1.54) is 36.1 Å². The first-order valence-corrected chi connectivity index (χ1v) is 10.5. The second-order valence-electron chi connectivity index (χ2n) is 7.90. The molecule has 1 amide bonds. The summed E-state index contributed by atoms with van der Waals surface area (Å²) in [6, 6.07) is 6.11. The lowest BCUT2D eigenvalue weighted by Crippen LogP contribution is -2.55. The molecule has 0 saturated heterocycles. The van der Waals surface area contributed by atoms with Crippen LogP contribution >= 0.6 is 0 Å². The molecule has 0 radical (unpaired) electrons. The molecular weight excluding hydrogens is 429 g/mol. The van der Waals surface area contributed by atoms with E-state index in [4.69, 9.17) is 4.74 Å². The van der Waals surface area contributed by atoms with Crippen molar-refractivity contribution in [3.63, 3.8) is 0 Å². The van der Waals surface area contributed by atoms with Crippen molar-refractivity contribution in [2.24, 2.45) is 0 Å². The minimum atomic E-state index is -1.36. The number of phenolic OH excluding ortho intramolecular Hbond substituents is 1. The summed E-state index contributed by atoms with van der Waals surface area (Å²) in [7, 11) is 1.43. The lowest BCUT2D eigenvalue weighted by molar-refractivity contribution is -0.145. The fourth-order valence-electron chi connectivity index (χ4n) is 4.11. The van der Waals surface area contributed by atoms with Gasteiger partial charge in [-0.25, -0.2) is 9.48 Å². The predicted octanol–water partition coefficient (Wildman–Crippen LogP) is 3.80. The number of carboxylic acids is 1. The quantitative estimate of drug-likeness (QED) is 0.576. The molecule has 9 heteroatoms. The third-order valence-corrected chi connectivity index (χ3v) is 5.82. The van der Waals surface area contributed by atoms with Gasteiger partial charge in [-0.05, 0) is 54.7 Å². The third kappa shape index (κ3) is 4.20. The summed E-state index contributed by atoms with van der Waals surface area (Å²) in [5.41, 5.74) is 4.32. The fourth-order valence-corrected chi connectivity index (χ4v) is 4.11. The Morgan fingerprint density at radius 2 is 1.97 bits per heavy atom. The summed E-state index contributed by atoms with van der Waals surface area (Å²) < 4.78 is 20.1. The standard InChI is InChI=1S/C24H22FN3O5/c1-33-20-7-5-6-19(29)21(20)18-14-17(27-28(18)16-10-8-15(25)9-11-16)22(30)26-24(23(31)32)12-3-2-4-13-24/h5-8,10,14,29H,2-4,12-13H2,1H3,(H,26,30)(H,31,32). The highest BCUT2D eigenvalue weighted by molar-refractivity contribution is 5.98. The number of benzene rings is 1. The van der Waals surface area contributed by atoms with Crippen LogP contribution in [-0.2, 0) is 4.79 Å². The van der Waals surface area contributed by atoms with E-state index in [0.29, 0.717) is 31.4 Å². The van der Waals surface area contributed by atoms with Crippen LogP contribution in [0.2, 0.25) is 0 Å². The van der Waals surface area contributed by atoms with E-state index in [1.807, 2.05) is 0 Å². The van der Waals surface area contributed by atoms with Crippen LogP contribution in [0.25, 0.3) is 17.0 Å². The largest absolute Gasteiger partial charge is 0.507 e. The second-order valence-corrected chi connectivity index (χ2v) is 7.90. The third-order valence-electron chi connectivity index (χ3n) is 5.82. The van der Waals surface area contributed by atoms with Crippen molar-refractivity contribution in [1.29, 1.82) is 0 Å². The van der Waals surface area contributed by atoms with Crippen LogP contribution < -0.4 is 10.1 Å². The molecular formula is C24H22FN3O5. The van der Waals surface area contributed by atoms with Crippen LogP contribution in [-0.4, -0.2) is 44.5 Å². The van der Waals surface area contributed by atoms with Crippen LogP contribution in [0.3, 0.4) is 0 Å². The first-order valence-electron chi connectivity index (χ1n) is 10.5. The van der Waals surface area contributed by atoms with E-state index < -0.39 is 23.2 Å². The fraction of sp³-hybridized carbons (Fsp3) is 0.292. The number of nitrogens with zero attached hydrogens (tertiary/aromatic N) is 2. The monoisotopic (exact) mass is 451 g/mol. The van der Waals surface area contributed by atoms with Gasteiger partial charge in [0.05, 0.1) is 18.4 Å². The van der Waals surface area contributed by atoms with E-state index in [9.17, 15) is 24.2 Å². The topological polar surface area (TPSA) is 114 Å². The van der Waals surface area contributed by atoms with Crippen molar-refractivity contribution < 1.29 is 28.9 Å². The molecule has 1 aromatic carbocycles. The van der Waals surface area contributed by atoms with E-state index >= 15 is 0 Å². The number of amides is 1. The van der Waals surface area contributed by atoms with Crippen LogP contribution in [0.1, 0.15) is 42.6 Å². The predicted molar refractivity (Wildman–Crippen MR) is 117 cm³/mol. The van der Waals surface area contributed by atoms with Crippen molar-refractivity contribution >= 4 is 17.6 Å². The Bertz CT molecular complexity index is 1260. The number of carboxylic acid groups (broad SMARTS) is 1. The normalized spacial score (nSPS) is 16.7. The Hall–Kier alpha value is -4.06. The summed E-state index contributed by atoms with van der Waals surface area (Å²) in [5, 5.41) is 27.3. The lowest BCUT2D eigenvalue weighted by atomic mass is 9.81. The van der Waals surface area contributed by atoms with Gasteiger partial charge in [-0.1, -0.05) is 25.3 Å². The van der Waals surface area contributed by atoms with E-state index in [1.54, 1.807) is 12.1 Å². The van der Waals surface area contributed by atoms with Gasteiger partial charge in [-0.15, -0.1) is 0 Å². The molecule has 33 heavy (non-hydrogen) atoms. The average molecular weight is 451 g/mol. The molecule has 2 aromatic rings. The second kappa shape index (κ2) is 8.82. The van der Waals surface area contributed by atoms with Crippen LogP contribution in [0.15, 0.2) is 53.7 Å². The molecule has 0 atom stereocenters. The van der Waals surface area contributed by atoms with Gasteiger partial charge >= 0.3 is 5.97 Å². The summed E-state index contributed by atoms with van der Waals surface area (Å²) >= 11 is 0. The first-order chi connectivity index (χ1) is 15.8. The number of carbonyl (C=O) groups excluding carboxylic acids is 1. The maximum absolute atomic E-state index is 13.4. The molecule has 170 valence electrons. The summed E-state index contributed by atoms with van der Waals surface area (Å²) in [5.74, 6) is -2.17. The van der Waals surface area contributed by atoms with Crippen LogP contribution in [0, 0.1) is 0 Å². The highest BCUT2D eigenvalue weighted by Crippen LogP contribution is 2.39. The number of halogens is 1. The zero-order valence-corrected chi connectivity index (χ0v) is 17.9. The summed E-state index contributed by atoms with van der Waals surface area (Å²) in [4.78, 5) is 25.1. The van der Waals surface area contributed by atoms with Gasteiger partial charge in [0.25, 0.3) is 5.91 Å². The average Bonchev–Trinajstić information content (AvgIpc) is 3.25. The molecule has 0 unspecified atom stereocenters. The molecule has 2 aliphatic carbocycles. The van der Waals surface area contributed by atoms with Crippen molar-refractivity contribution in [3.8, 4) is 22.8 Å². The Morgan fingerprint density at radius 1 is 1.21 bits per heavy atom.